The van der Waals surface area contributed by atoms with E-state index in [1.165, 1.54) is 0 Å². The second-order valence-electron chi connectivity index (χ2n) is 6.12. The van der Waals surface area contributed by atoms with Crippen molar-refractivity contribution in [2.75, 3.05) is 31.1 Å². The third-order valence-corrected chi connectivity index (χ3v) is 4.49. The normalized spacial score (nSPS) is 20.7. The van der Waals surface area contributed by atoms with Gasteiger partial charge in [-0.15, -0.1) is 0 Å². The quantitative estimate of drug-likeness (QED) is 0.820. The minimum Gasteiger partial charge on any atom is -0.352 e. The van der Waals surface area contributed by atoms with Gasteiger partial charge in [0.15, 0.2) is 0 Å². The molecule has 0 unspecified atom stereocenters. The van der Waals surface area contributed by atoms with Gasteiger partial charge >= 0.3 is 6.03 Å². The average molecular weight is 340 g/mol. The minimum absolute atomic E-state index is 0.0707. The number of amides is 3. The van der Waals surface area contributed by atoms with E-state index in [0.29, 0.717) is 48.8 Å². The first-order chi connectivity index (χ1) is 12.0. The van der Waals surface area contributed by atoms with Gasteiger partial charge in [0.25, 0.3) is 5.91 Å². The molecule has 3 heterocycles. The van der Waals surface area contributed by atoms with Gasteiger partial charge in [-0.05, 0) is 26.0 Å². The molecule has 1 aromatic heterocycles. The van der Waals surface area contributed by atoms with Crippen LogP contribution in [0.25, 0.3) is 0 Å². The molecular weight excluding hydrogens is 320 g/mol. The molecule has 130 valence electrons. The van der Waals surface area contributed by atoms with Gasteiger partial charge in [-0.25, -0.2) is 9.78 Å². The molecule has 25 heavy (non-hydrogen) atoms. The van der Waals surface area contributed by atoms with Crippen LogP contribution in [0.3, 0.4) is 0 Å². The molecule has 1 atom stereocenters. The van der Waals surface area contributed by atoms with Gasteiger partial charge in [-0.3, -0.25) is 4.79 Å². The van der Waals surface area contributed by atoms with Crippen molar-refractivity contribution < 1.29 is 9.59 Å². The van der Waals surface area contributed by atoms with Crippen molar-refractivity contribution in [2.24, 2.45) is 0 Å². The van der Waals surface area contributed by atoms with Crippen LogP contribution < -0.4 is 15.5 Å². The summed E-state index contributed by atoms with van der Waals surface area (Å²) < 4.78 is 0. The van der Waals surface area contributed by atoms with E-state index in [-0.39, 0.29) is 18.0 Å². The number of aromatic nitrogens is 1. The zero-order chi connectivity index (χ0) is 18.0. The number of hydrogen-bond acceptors (Lipinski definition) is 5. The Kier molecular flexibility index (Phi) is 4.57. The van der Waals surface area contributed by atoms with Gasteiger partial charge in [0.05, 0.1) is 17.2 Å². The smallest absolute Gasteiger partial charge is 0.319 e. The summed E-state index contributed by atoms with van der Waals surface area (Å²) in [4.78, 5) is 32.4. The molecule has 1 fully saturated rings. The number of pyridine rings is 1. The summed E-state index contributed by atoms with van der Waals surface area (Å²) in [5.41, 5.74) is 1.72. The number of hydrogen-bond donors (Lipinski definition) is 2. The van der Waals surface area contributed by atoms with Crippen molar-refractivity contribution in [1.82, 2.24) is 20.5 Å². The summed E-state index contributed by atoms with van der Waals surface area (Å²) in [5.74, 6) is 0.589. The molecule has 0 aromatic carbocycles. The molecule has 2 aliphatic rings. The summed E-state index contributed by atoms with van der Waals surface area (Å²) in [5, 5.41) is 14.6. The van der Waals surface area contributed by atoms with Crippen LogP contribution in [0.5, 0.6) is 0 Å². The highest BCUT2D eigenvalue weighted by molar-refractivity contribution is 5.98. The van der Waals surface area contributed by atoms with E-state index in [4.69, 9.17) is 0 Å². The summed E-state index contributed by atoms with van der Waals surface area (Å²) >= 11 is 0. The predicted octanol–water partition coefficient (Wildman–Crippen LogP) is 0.577. The van der Waals surface area contributed by atoms with Gasteiger partial charge in [0.1, 0.15) is 11.9 Å². The summed E-state index contributed by atoms with van der Waals surface area (Å²) in [7, 11) is 0. The molecule has 3 amide bonds. The Bertz CT molecular complexity index is 774. The molecule has 8 heteroatoms. The lowest BCUT2D eigenvalue weighted by Crippen LogP contribution is -2.54. The van der Waals surface area contributed by atoms with E-state index in [0.717, 1.165) is 0 Å². The Balaban J connectivity index is 1.70. The van der Waals surface area contributed by atoms with Crippen LogP contribution >= 0.6 is 0 Å². The summed E-state index contributed by atoms with van der Waals surface area (Å²) in [6, 6.07) is 5.03. The fourth-order valence-electron chi connectivity index (χ4n) is 3.24. The van der Waals surface area contributed by atoms with E-state index in [2.05, 4.69) is 21.7 Å². The van der Waals surface area contributed by atoms with Crippen LogP contribution in [0.15, 0.2) is 29.6 Å². The molecule has 2 aliphatic heterocycles. The van der Waals surface area contributed by atoms with Crippen molar-refractivity contribution in [3.05, 3.63) is 35.2 Å². The van der Waals surface area contributed by atoms with Gasteiger partial charge in [0, 0.05) is 38.1 Å². The van der Waals surface area contributed by atoms with E-state index in [9.17, 15) is 14.9 Å². The largest absolute Gasteiger partial charge is 0.352 e. The molecule has 2 N–H and O–H groups in total. The molecule has 0 spiro atoms. The lowest BCUT2D eigenvalue weighted by molar-refractivity contribution is -0.127. The van der Waals surface area contributed by atoms with E-state index in [1.807, 2.05) is 4.90 Å². The zero-order valence-electron chi connectivity index (χ0n) is 14.2. The molecule has 8 nitrogen and oxygen atoms in total. The molecule has 1 aromatic rings. The Morgan fingerprint density at radius 3 is 2.72 bits per heavy atom. The van der Waals surface area contributed by atoms with Gasteiger partial charge in [-0.1, -0.05) is 0 Å². The van der Waals surface area contributed by atoms with Crippen molar-refractivity contribution >= 4 is 17.8 Å². The summed E-state index contributed by atoms with van der Waals surface area (Å²) in [6.07, 6.45) is 1.67. The van der Waals surface area contributed by atoms with Gasteiger partial charge in [-0.2, -0.15) is 5.26 Å². The van der Waals surface area contributed by atoms with Crippen LogP contribution in [-0.2, 0) is 4.79 Å². The van der Waals surface area contributed by atoms with Gasteiger partial charge in [0.2, 0.25) is 0 Å². The second-order valence-corrected chi connectivity index (χ2v) is 6.12. The fraction of sp³-hybridized carbons (Fsp3) is 0.412. The number of nitriles is 1. The zero-order valence-corrected chi connectivity index (χ0v) is 14.2. The molecule has 0 aliphatic carbocycles. The highest BCUT2D eigenvalue weighted by atomic mass is 16.2. The molecule has 0 saturated carbocycles. The number of rotatable bonds is 2. The Labute approximate surface area is 146 Å². The maximum atomic E-state index is 12.8. The maximum Gasteiger partial charge on any atom is 0.319 e. The number of piperazine rings is 1. The maximum absolute atomic E-state index is 12.8. The predicted molar refractivity (Wildman–Crippen MR) is 91.6 cm³/mol. The number of carbonyl (C=O) groups excluding carboxylic acids is 2. The van der Waals surface area contributed by atoms with Gasteiger partial charge < -0.3 is 20.4 Å². The van der Waals surface area contributed by atoms with Crippen LogP contribution in [0, 0.1) is 11.3 Å². The van der Waals surface area contributed by atoms with Crippen LogP contribution in [0.1, 0.15) is 19.4 Å². The number of nitrogens with zero attached hydrogens (tertiary/aromatic N) is 4. The first kappa shape index (κ1) is 16.8. The second kappa shape index (κ2) is 6.81. The van der Waals surface area contributed by atoms with Crippen molar-refractivity contribution in [3.63, 3.8) is 0 Å². The van der Waals surface area contributed by atoms with E-state index >= 15 is 0 Å². The van der Waals surface area contributed by atoms with Crippen molar-refractivity contribution in [1.29, 1.82) is 5.26 Å². The Hall–Kier alpha value is -3.08. The third-order valence-electron chi connectivity index (χ3n) is 4.49. The molecule has 3 rings (SSSR count). The number of allylic oxidation sites excluding steroid dienone is 1. The number of nitrogens with one attached hydrogen (secondary N) is 2. The first-order valence-electron chi connectivity index (χ1n) is 8.19. The number of carbonyl (C=O) groups is 2. The van der Waals surface area contributed by atoms with E-state index < -0.39 is 0 Å². The van der Waals surface area contributed by atoms with Crippen LogP contribution in [-0.4, -0.2) is 54.0 Å². The highest BCUT2D eigenvalue weighted by Crippen LogP contribution is 2.20. The lowest BCUT2D eigenvalue weighted by Gasteiger charge is -2.37. The molecule has 0 radical (unpaired) electrons. The van der Waals surface area contributed by atoms with E-state index in [1.54, 1.807) is 37.1 Å². The molecule has 0 bridgehead atoms. The van der Waals surface area contributed by atoms with Crippen molar-refractivity contribution in [2.45, 2.75) is 19.9 Å². The topological polar surface area (TPSA) is 101 Å². The van der Waals surface area contributed by atoms with Crippen LogP contribution in [0.2, 0.25) is 0 Å². The molecular formula is C17H20N6O2. The Morgan fingerprint density at radius 1 is 1.36 bits per heavy atom. The summed E-state index contributed by atoms with van der Waals surface area (Å²) in [6.45, 7) is 5.84. The monoisotopic (exact) mass is 340 g/mol. The third kappa shape index (κ3) is 3.26. The number of anilines is 1. The van der Waals surface area contributed by atoms with Crippen LogP contribution in [0.4, 0.5) is 10.6 Å². The SMILES string of the molecule is CC1=C(C(=O)N2CCN(c3ncccc3C#N)CC2)[C@@H](C)NC(=O)N1. The van der Waals surface area contributed by atoms with Crippen molar-refractivity contribution in [3.8, 4) is 6.07 Å². The fourth-order valence-corrected chi connectivity index (χ4v) is 3.24. The highest BCUT2D eigenvalue weighted by Gasteiger charge is 2.31. The Morgan fingerprint density at radius 2 is 2.08 bits per heavy atom. The molecule has 1 saturated heterocycles. The number of urea groups is 1. The standard InChI is InChI=1S/C17H20N6O2/c1-11-14(12(2)21-17(25)20-11)16(24)23-8-6-22(7-9-23)15-13(10-18)4-3-5-19-15/h3-5,11H,6-9H2,1-2H3,(H2,20,21,25)/t11-/m1/s1. The minimum atomic E-state index is -0.319. The average Bonchev–Trinajstić information content (AvgIpc) is 2.61. The first-order valence-corrected chi connectivity index (χ1v) is 8.19. The lowest BCUT2D eigenvalue weighted by atomic mass is 10.0.